The summed E-state index contributed by atoms with van der Waals surface area (Å²) >= 11 is 0. The molecule has 0 saturated carbocycles. The molecular weight excluding hydrogens is 428 g/mol. The number of fused-ring (bicyclic) bond motifs is 1. The monoisotopic (exact) mass is 452 g/mol. The van der Waals surface area contributed by atoms with Crippen LogP contribution in [-0.4, -0.2) is 48.4 Å². The summed E-state index contributed by atoms with van der Waals surface area (Å²) in [4.78, 5) is 50.2. The summed E-state index contributed by atoms with van der Waals surface area (Å²) in [6, 6.07) is 10.9. The number of ether oxygens (including phenoxy) is 2. The molecule has 0 spiro atoms. The van der Waals surface area contributed by atoms with E-state index in [0.717, 1.165) is 11.3 Å². The number of rotatable bonds is 5. The third kappa shape index (κ3) is 4.59. The van der Waals surface area contributed by atoms with E-state index in [9.17, 15) is 19.2 Å². The van der Waals surface area contributed by atoms with Gasteiger partial charge in [-0.1, -0.05) is 6.07 Å². The van der Waals surface area contributed by atoms with Gasteiger partial charge in [0.25, 0.3) is 5.91 Å². The summed E-state index contributed by atoms with van der Waals surface area (Å²) < 4.78 is 11.3. The van der Waals surface area contributed by atoms with Crippen molar-refractivity contribution in [3.05, 3.63) is 48.0 Å². The van der Waals surface area contributed by atoms with Crippen LogP contribution in [0.5, 0.6) is 11.5 Å². The number of benzene rings is 2. The zero-order valence-electron chi connectivity index (χ0n) is 18.3. The molecule has 2 aliphatic heterocycles. The third-order valence-electron chi connectivity index (χ3n) is 5.39. The fourth-order valence-corrected chi connectivity index (χ4v) is 3.69. The van der Waals surface area contributed by atoms with Gasteiger partial charge in [-0.2, -0.15) is 0 Å². The number of hydrogen-bond donors (Lipinski definition) is 3. The van der Waals surface area contributed by atoms with Gasteiger partial charge in [-0.25, -0.2) is 4.79 Å². The molecule has 1 atom stereocenters. The minimum Gasteiger partial charge on any atom is -0.490 e. The highest BCUT2D eigenvalue weighted by Crippen LogP contribution is 2.36. The van der Waals surface area contributed by atoms with E-state index in [2.05, 4.69) is 16.0 Å². The number of nitrogens with one attached hydrogen (secondary N) is 3. The Labute approximate surface area is 190 Å². The lowest BCUT2D eigenvalue weighted by molar-refractivity contribution is -0.133. The molecule has 0 aliphatic carbocycles. The molecule has 2 heterocycles. The molecule has 2 aromatic rings. The smallest absolute Gasteiger partial charge is 0.325 e. The van der Waals surface area contributed by atoms with Crippen molar-refractivity contribution in [1.82, 2.24) is 10.2 Å². The van der Waals surface area contributed by atoms with Gasteiger partial charge < -0.3 is 25.4 Å². The zero-order chi connectivity index (χ0) is 23.6. The fraction of sp³-hybridized carbons (Fsp3) is 0.304. The van der Waals surface area contributed by atoms with Crippen LogP contribution in [-0.2, 0) is 19.9 Å². The second kappa shape index (κ2) is 8.81. The van der Waals surface area contributed by atoms with E-state index in [4.69, 9.17) is 9.47 Å². The molecule has 0 radical (unpaired) electrons. The Bertz CT molecular complexity index is 1120. The largest absolute Gasteiger partial charge is 0.490 e. The minimum atomic E-state index is -1.35. The Morgan fingerprint density at radius 2 is 1.64 bits per heavy atom. The molecule has 3 N–H and O–H groups in total. The number of imide groups is 1. The second-order valence-corrected chi connectivity index (χ2v) is 7.97. The molecule has 10 nitrogen and oxygen atoms in total. The van der Waals surface area contributed by atoms with Crippen LogP contribution in [0.1, 0.15) is 25.8 Å². The third-order valence-corrected chi connectivity index (χ3v) is 5.39. The highest BCUT2D eigenvalue weighted by molar-refractivity contribution is 6.10. The summed E-state index contributed by atoms with van der Waals surface area (Å²) in [7, 11) is 0. The summed E-state index contributed by atoms with van der Waals surface area (Å²) in [6.45, 7) is 3.57. The average molecular weight is 452 g/mol. The number of amides is 5. The van der Waals surface area contributed by atoms with Crippen LogP contribution >= 0.6 is 0 Å². The Morgan fingerprint density at radius 3 is 2.30 bits per heavy atom. The van der Waals surface area contributed by atoms with Crippen LogP contribution in [0, 0.1) is 0 Å². The molecule has 0 aromatic heterocycles. The van der Waals surface area contributed by atoms with E-state index >= 15 is 0 Å². The number of anilines is 2. The van der Waals surface area contributed by atoms with Crippen LogP contribution in [0.2, 0.25) is 0 Å². The molecule has 1 unspecified atom stereocenters. The predicted molar refractivity (Wildman–Crippen MR) is 119 cm³/mol. The maximum absolute atomic E-state index is 13.2. The number of carbonyl (C=O) groups excluding carboxylic acids is 4. The summed E-state index contributed by atoms with van der Waals surface area (Å²) in [5.74, 6) is -0.196. The Hall–Kier alpha value is -4.08. The Kier molecular flexibility index (Phi) is 5.91. The van der Waals surface area contributed by atoms with Gasteiger partial charge in [-0.05, 0) is 48.9 Å². The van der Waals surface area contributed by atoms with Crippen molar-refractivity contribution < 1.29 is 28.7 Å². The number of nitrogens with zero attached hydrogens (tertiary/aromatic N) is 1. The Balaban J connectivity index is 1.45. The number of urea groups is 1. The van der Waals surface area contributed by atoms with Crippen molar-refractivity contribution in [2.45, 2.75) is 25.8 Å². The first-order valence-corrected chi connectivity index (χ1v) is 10.5. The molecular formula is C23H24N4O6. The van der Waals surface area contributed by atoms with E-state index < -0.39 is 29.9 Å². The summed E-state index contributed by atoms with van der Waals surface area (Å²) in [6.07, 6.45) is 0.746. The number of hydrogen-bond acceptors (Lipinski definition) is 6. The summed E-state index contributed by atoms with van der Waals surface area (Å²) in [5.41, 5.74) is 0.232. The van der Waals surface area contributed by atoms with Crippen LogP contribution in [0.25, 0.3) is 0 Å². The highest BCUT2D eigenvalue weighted by Gasteiger charge is 2.49. The van der Waals surface area contributed by atoms with Crippen LogP contribution in [0.3, 0.4) is 0 Å². The van der Waals surface area contributed by atoms with E-state index in [1.54, 1.807) is 49.4 Å². The van der Waals surface area contributed by atoms with Crippen molar-refractivity contribution >= 4 is 35.1 Å². The second-order valence-electron chi connectivity index (χ2n) is 7.97. The van der Waals surface area contributed by atoms with Crippen LogP contribution in [0.15, 0.2) is 42.5 Å². The van der Waals surface area contributed by atoms with E-state index in [1.165, 1.54) is 6.92 Å². The van der Waals surface area contributed by atoms with Crippen molar-refractivity contribution in [2.24, 2.45) is 0 Å². The molecule has 2 aliphatic rings. The molecule has 1 saturated heterocycles. The molecule has 2 aromatic carbocycles. The van der Waals surface area contributed by atoms with Gasteiger partial charge in [0.2, 0.25) is 11.8 Å². The van der Waals surface area contributed by atoms with Crippen molar-refractivity contribution in [3.8, 4) is 11.5 Å². The first kappa shape index (κ1) is 22.1. The van der Waals surface area contributed by atoms with Gasteiger partial charge in [0.15, 0.2) is 11.5 Å². The molecule has 1 fully saturated rings. The summed E-state index contributed by atoms with van der Waals surface area (Å²) in [5, 5.41) is 7.96. The molecule has 172 valence electrons. The van der Waals surface area contributed by atoms with Crippen LogP contribution in [0.4, 0.5) is 16.2 Å². The Morgan fingerprint density at radius 1 is 1.00 bits per heavy atom. The van der Waals surface area contributed by atoms with Crippen molar-refractivity contribution in [3.63, 3.8) is 0 Å². The molecule has 0 bridgehead atoms. The van der Waals surface area contributed by atoms with E-state index in [0.29, 0.717) is 41.7 Å². The quantitative estimate of drug-likeness (QED) is 0.597. The van der Waals surface area contributed by atoms with Gasteiger partial charge in [-0.15, -0.1) is 0 Å². The first-order chi connectivity index (χ1) is 15.8. The minimum absolute atomic E-state index is 0.207. The van der Waals surface area contributed by atoms with Gasteiger partial charge in [0.1, 0.15) is 12.1 Å². The molecule has 4 rings (SSSR count). The van der Waals surface area contributed by atoms with E-state index in [-0.39, 0.29) is 5.91 Å². The SMILES string of the molecule is CC(=O)Nc1ccc(NC(=O)CN2C(=O)NC(C)(c3ccc4c(c3)OCCCO4)C2=O)cc1. The van der Waals surface area contributed by atoms with Gasteiger partial charge in [-0.3, -0.25) is 19.3 Å². The first-order valence-electron chi connectivity index (χ1n) is 10.5. The lowest BCUT2D eigenvalue weighted by Gasteiger charge is -2.23. The van der Waals surface area contributed by atoms with Crippen LogP contribution < -0.4 is 25.4 Å². The highest BCUT2D eigenvalue weighted by atomic mass is 16.5. The standard InChI is InChI=1S/C23H24N4O6/c1-14(28)24-16-5-7-17(8-6-16)25-20(29)13-27-21(30)23(2,26-22(27)31)15-4-9-18-19(12-15)33-11-3-10-32-18/h4-9,12H,3,10-11,13H2,1-2H3,(H,24,28)(H,25,29)(H,26,31). The predicted octanol–water partition coefficient (Wildman–Crippen LogP) is 2.21. The zero-order valence-corrected chi connectivity index (χ0v) is 18.3. The van der Waals surface area contributed by atoms with Gasteiger partial charge >= 0.3 is 6.03 Å². The normalized spacial score (nSPS) is 19.5. The molecule has 5 amide bonds. The van der Waals surface area contributed by atoms with Gasteiger partial charge in [0, 0.05) is 24.7 Å². The van der Waals surface area contributed by atoms with Gasteiger partial charge in [0.05, 0.1) is 13.2 Å². The average Bonchev–Trinajstić information content (AvgIpc) is 2.93. The number of carbonyl (C=O) groups is 4. The van der Waals surface area contributed by atoms with Crippen molar-refractivity contribution in [2.75, 3.05) is 30.4 Å². The maximum atomic E-state index is 13.2. The fourth-order valence-electron chi connectivity index (χ4n) is 3.69. The topological polar surface area (TPSA) is 126 Å². The lowest BCUT2D eigenvalue weighted by Crippen LogP contribution is -2.42. The lowest BCUT2D eigenvalue weighted by atomic mass is 9.91. The molecule has 10 heteroatoms. The van der Waals surface area contributed by atoms with E-state index in [1.807, 2.05) is 0 Å². The maximum Gasteiger partial charge on any atom is 0.325 e. The van der Waals surface area contributed by atoms with Crippen molar-refractivity contribution in [1.29, 1.82) is 0 Å². The molecule has 33 heavy (non-hydrogen) atoms.